The van der Waals surface area contributed by atoms with Crippen molar-refractivity contribution < 1.29 is 20.1 Å². The first-order chi connectivity index (χ1) is 11.2. The van der Waals surface area contributed by atoms with Gasteiger partial charge in [0.05, 0.1) is 25.4 Å². The molecule has 0 bridgehead atoms. The Bertz CT molecular complexity index is 276. The molecule has 1 saturated heterocycles. The molecule has 0 aromatic rings. The molecule has 0 amide bonds. The lowest BCUT2D eigenvalue weighted by molar-refractivity contribution is -0.150. The second kappa shape index (κ2) is 13.1. The van der Waals surface area contributed by atoms with Crippen LogP contribution in [0.4, 0.5) is 0 Å². The van der Waals surface area contributed by atoms with Gasteiger partial charge in [-0.2, -0.15) is 0 Å². The number of aliphatic hydroxyl groups excluding tert-OH is 3. The van der Waals surface area contributed by atoms with Gasteiger partial charge in [-0.3, -0.25) is 0 Å². The van der Waals surface area contributed by atoms with Gasteiger partial charge in [-0.15, -0.1) is 0 Å². The van der Waals surface area contributed by atoms with Crippen LogP contribution in [0.15, 0.2) is 0 Å². The Labute approximate surface area is 141 Å². The Balaban J connectivity index is 1.99. The van der Waals surface area contributed by atoms with E-state index in [0.717, 1.165) is 13.0 Å². The molecule has 0 aromatic heterocycles. The number of aliphatic hydroxyl groups is 3. The smallest absolute Gasteiger partial charge is 0.105 e. The minimum atomic E-state index is -0.872. The zero-order chi connectivity index (χ0) is 16.9. The van der Waals surface area contributed by atoms with E-state index in [1.807, 2.05) is 0 Å². The van der Waals surface area contributed by atoms with E-state index < -0.39 is 18.3 Å². The van der Waals surface area contributed by atoms with Crippen molar-refractivity contribution in [2.45, 2.75) is 95.5 Å². The molecule has 5 nitrogen and oxygen atoms in total. The van der Waals surface area contributed by atoms with Crippen LogP contribution in [-0.2, 0) is 4.74 Å². The topological polar surface area (TPSA) is 82.0 Å². The van der Waals surface area contributed by atoms with Gasteiger partial charge < -0.3 is 25.4 Å². The molecule has 0 aliphatic carbocycles. The largest absolute Gasteiger partial charge is 0.394 e. The second-order valence-electron chi connectivity index (χ2n) is 6.77. The summed E-state index contributed by atoms with van der Waals surface area (Å²) in [6.45, 7) is 2.98. The summed E-state index contributed by atoms with van der Waals surface area (Å²) in [5, 5.41) is 32.2. The average Bonchev–Trinajstić information content (AvgIpc) is 2.56. The monoisotopic (exact) mass is 331 g/mol. The number of hydrogen-bond donors (Lipinski definition) is 4. The molecule has 1 aliphatic rings. The predicted octanol–water partition coefficient (Wildman–Crippen LogP) is 1.98. The maximum absolute atomic E-state index is 10.00. The van der Waals surface area contributed by atoms with E-state index in [9.17, 15) is 15.3 Å². The molecule has 0 radical (unpaired) electrons. The Morgan fingerprint density at radius 3 is 2.04 bits per heavy atom. The van der Waals surface area contributed by atoms with Crippen molar-refractivity contribution in [2.75, 3.05) is 19.8 Å². The van der Waals surface area contributed by atoms with Gasteiger partial charge >= 0.3 is 0 Å². The van der Waals surface area contributed by atoms with Gasteiger partial charge in [0, 0.05) is 0 Å². The maximum Gasteiger partial charge on any atom is 0.105 e. The number of rotatable bonds is 13. The highest BCUT2D eigenvalue weighted by Gasteiger charge is 2.37. The molecule has 0 unspecified atom stereocenters. The van der Waals surface area contributed by atoms with Crippen LogP contribution in [0.25, 0.3) is 0 Å². The highest BCUT2D eigenvalue weighted by molar-refractivity contribution is 4.91. The highest BCUT2D eigenvalue weighted by Crippen LogP contribution is 2.16. The lowest BCUT2D eigenvalue weighted by Gasteiger charge is -2.38. The van der Waals surface area contributed by atoms with Gasteiger partial charge in [-0.05, 0) is 13.0 Å². The van der Waals surface area contributed by atoms with Crippen molar-refractivity contribution in [2.24, 2.45) is 0 Å². The van der Waals surface area contributed by atoms with Crippen molar-refractivity contribution in [3.8, 4) is 0 Å². The van der Waals surface area contributed by atoms with Crippen LogP contribution in [0.3, 0.4) is 0 Å². The number of nitrogens with one attached hydrogen (secondary N) is 1. The number of hydrogen-bond acceptors (Lipinski definition) is 5. The second-order valence-corrected chi connectivity index (χ2v) is 6.77. The van der Waals surface area contributed by atoms with E-state index in [-0.39, 0.29) is 19.3 Å². The molecular weight excluding hydrogens is 294 g/mol. The Hall–Kier alpha value is -0.200. The third-order valence-corrected chi connectivity index (χ3v) is 4.73. The molecule has 0 spiro atoms. The Kier molecular flexibility index (Phi) is 11.9. The molecule has 5 heteroatoms. The molecule has 4 atom stereocenters. The van der Waals surface area contributed by atoms with Gasteiger partial charge in [-0.25, -0.2) is 0 Å². The standard InChI is InChI=1S/C18H37NO4/c1-2-3-4-5-6-7-8-9-10-11-12-19-17-16(13-20)23-14-15(21)18(17)22/h15-22H,2-14H2,1H3/t15-,16+,17+,18+/m0/s1. The average molecular weight is 331 g/mol. The summed E-state index contributed by atoms with van der Waals surface area (Å²) in [7, 11) is 0. The van der Waals surface area contributed by atoms with E-state index >= 15 is 0 Å². The quantitative estimate of drug-likeness (QED) is 0.388. The zero-order valence-corrected chi connectivity index (χ0v) is 14.8. The third-order valence-electron chi connectivity index (χ3n) is 4.73. The molecule has 0 saturated carbocycles. The summed E-state index contributed by atoms with van der Waals surface area (Å²) in [6, 6.07) is -0.387. The van der Waals surface area contributed by atoms with Crippen LogP contribution in [-0.4, -0.2) is 59.4 Å². The van der Waals surface area contributed by atoms with Crippen LogP contribution in [0.1, 0.15) is 71.1 Å². The molecule has 0 aromatic carbocycles. The Morgan fingerprint density at radius 1 is 0.913 bits per heavy atom. The minimum absolute atomic E-state index is 0.0861. The SMILES string of the molecule is CCCCCCCCCCCCN[C@H]1[C@H](O)[C@@H](O)CO[C@@H]1CO. The van der Waals surface area contributed by atoms with Gasteiger partial charge in [0.2, 0.25) is 0 Å². The summed E-state index contributed by atoms with van der Waals surface area (Å²) in [5.74, 6) is 0. The molecule has 23 heavy (non-hydrogen) atoms. The molecule has 1 aliphatic heterocycles. The highest BCUT2D eigenvalue weighted by atomic mass is 16.5. The van der Waals surface area contributed by atoms with Crippen molar-refractivity contribution >= 4 is 0 Å². The van der Waals surface area contributed by atoms with E-state index in [2.05, 4.69) is 12.2 Å². The van der Waals surface area contributed by atoms with Gasteiger partial charge in [0.25, 0.3) is 0 Å². The van der Waals surface area contributed by atoms with Crippen LogP contribution < -0.4 is 5.32 Å². The van der Waals surface area contributed by atoms with Crippen LogP contribution in [0.2, 0.25) is 0 Å². The fourth-order valence-electron chi connectivity index (χ4n) is 3.18. The van der Waals surface area contributed by atoms with E-state index in [1.165, 1.54) is 57.8 Å². The molecule has 138 valence electrons. The number of ether oxygens (including phenoxy) is 1. The van der Waals surface area contributed by atoms with Crippen molar-refractivity contribution in [1.29, 1.82) is 0 Å². The summed E-state index contributed by atoms with van der Waals surface area (Å²) >= 11 is 0. The fraction of sp³-hybridized carbons (Fsp3) is 1.00. The van der Waals surface area contributed by atoms with Gasteiger partial charge in [-0.1, -0.05) is 64.7 Å². The third kappa shape index (κ3) is 8.45. The Morgan fingerprint density at radius 2 is 1.48 bits per heavy atom. The van der Waals surface area contributed by atoms with Crippen LogP contribution in [0.5, 0.6) is 0 Å². The van der Waals surface area contributed by atoms with E-state index in [4.69, 9.17) is 4.74 Å². The first-order valence-electron chi connectivity index (χ1n) is 9.52. The first kappa shape index (κ1) is 20.8. The van der Waals surface area contributed by atoms with Crippen LogP contribution >= 0.6 is 0 Å². The van der Waals surface area contributed by atoms with Crippen LogP contribution in [0, 0.1) is 0 Å². The lowest BCUT2D eigenvalue weighted by atomic mass is 9.97. The van der Waals surface area contributed by atoms with Crippen molar-refractivity contribution in [1.82, 2.24) is 5.32 Å². The van der Waals surface area contributed by atoms with E-state index in [1.54, 1.807) is 0 Å². The van der Waals surface area contributed by atoms with Crippen molar-refractivity contribution in [3.05, 3.63) is 0 Å². The van der Waals surface area contributed by atoms with Crippen molar-refractivity contribution in [3.63, 3.8) is 0 Å². The fourth-order valence-corrected chi connectivity index (χ4v) is 3.18. The first-order valence-corrected chi connectivity index (χ1v) is 9.52. The predicted molar refractivity (Wildman–Crippen MR) is 92.5 cm³/mol. The van der Waals surface area contributed by atoms with E-state index in [0.29, 0.717) is 0 Å². The lowest BCUT2D eigenvalue weighted by Crippen LogP contribution is -2.60. The summed E-state index contributed by atoms with van der Waals surface area (Å²) in [4.78, 5) is 0. The molecular formula is C18H37NO4. The summed E-state index contributed by atoms with van der Waals surface area (Å²) in [5.41, 5.74) is 0. The normalized spacial score (nSPS) is 28.2. The zero-order valence-electron chi connectivity index (χ0n) is 14.8. The summed E-state index contributed by atoms with van der Waals surface area (Å²) < 4.78 is 5.35. The van der Waals surface area contributed by atoms with Gasteiger partial charge in [0.15, 0.2) is 0 Å². The van der Waals surface area contributed by atoms with Gasteiger partial charge in [0.1, 0.15) is 12.2 Å². The molecule has 1 rings (SSSR count). The molecule has 4 N–H and O–H groups in total. The molecule has 1 heterocycles. The number of unbranched alkanes of at least 4 members (excludes halogenated alkanes) is 9. The minimum Gasteiger partial charge on any atom is -0.394 e. The maximum atomic E-state index is 10.00. The molecule has 1 fully saturated rings. The summed E-state index contributed by atoms with van der Waals surface area (Å²) in [6.07, 6.45) is 10.7.